The minimum absolute atomic E-state index is 0.0585. The number of rotatable bonds is 7. The molecular weight excluding hydrogens is 310 g/mol. The van der Waals surface area contributed by atoms with Gasteiger partial charge in [-0.15, -0.1) is 11.3 Å². The zero-order chi connectivity index (χ0) is 15.3. The fourth-order valence-electron chi connectivity index (χ4n) is 1.70. The molecule has 0 spiro atoms. The van der Waals surface area contributed by atoms with Crippen molar-refractivity contribution in [1.82, 2.24) is 4.98 Å². The van der Waals surface area contributed by atoms with Crippen LogP contribution in [0.25, 0.3) is 0 Å². The van der Waals surface area contributed by atoms with Crippen LogP contribution in [-0.4, -0.2) is 32.4 Å². The van der Waals surface area contributed by atoms with Gasteiger partial charge in [0.15, 0.2) is 26.4 Å². The van der Waals surface area contributed by atoms with E-state index in [0.29, 0.717) is 18.1 Å². The molecule has 1 aromatic heterocycles. The van der Waals surface area contributed by atoms with Crippen molar-refractivity contribution in [2.45, 2.75) is 18.9 Å². The fraction of sp³-hybridized carbons (Fsp3) is 0.357. The topological polar surface area (TPSA) is 65.5 Å². The van der Waals surface area contributed by atoms with E-state index >= 15 is 0 Å². The largest absolute Gasteiger partial charge is 0.490 e. The summed E-state index contributed by atoms with van der Waals surface area (Å²) in [7, 11) is -3.40. The Balaban J connectivity index is 1.98. The summed E-state index contributed by atoms with van der Waals surface area (Å²) in [6.07, 6.45) is 0. The number of para-hydroxylation sites is 2. The van der Waals surface area contributed by atoms with Crippen molar-refractivity contribution >= 4 is 21.2 Å². The lowest BCUT2D eigenvalue weighted by atomic mass is 10.3. The molecule has 0 amide bonds. The Hall–Kier alpha value is -1.60. The Kier molecular flexibility index (Phi) is 5.19. The number of ether oxygens (including phenoxy) is 2. The van der Waals surface area contributed by atoms with Gasteiger partial charge >= 0.3 is 0 Å². The van der Waals surface area contributed by atoms with Crippen LogP contribution in [0.2, 0.25) is 0 Å². The Morgan fingerprint density at radius 3 is 2.43 bits per heavy atom. The first kappa shape index (κ1) is 15.8. The van der Waals surface area contributed by atoms with Gasteiger partial charge in [-0.05, 0) is 26.0 Å². The lowest BCUT2D eigenvalue weighted by Gasteiger charge is -2.11. The average Bonchev–Trinajstić information content (AvgIpc) is 2.88. The van der Waals surface area contributed by atoms with Crippen molar-refractivity contribution in [1.29, 1.82) is 0 Å². The average molecular weight is 327 g/mol. The van der Waals surface area contributed by atoms with Crippen LogP contribution in [-0.2, 0) is 9.84 Å². The van der Waals surface area contributed by atoms with Crippen LogP contribution in [0.4, 0.5) is 0 Å². The van der Waals surface area contributed by atoms with Crippen molar-refractivity contribution in [3.05, 3.63) is 34.7 Å². The lowest BCUT2D eigenvalue weighted by molar-refractivity contribution is 0.288. The van der Waals surface area contributed by atoms with Gasteiger partial charge in [0, 0.05) is 5.38 Å². The van der Waals surface area contributed by atoms with Gasteiger partial charge in [-0.25, -0.2) is 13.4 Å². The van der Waals surface area contributed by atoms with E-state index < -0.39 is 9.84 Å². The van der Waals surface area contributed by atoms with Gasteiger partial charge in [0.05, 0.1) is 17.4 Å². The Morgan fingerprint density at radius 1 is 1.19 bits per heavy atom. The normalized spacial score (nSPS) is 11.3. The predicted molar refractivity (Wildman–Crippen MR) is 82.0 cm³/mol. The van der Waals surface area contributed by atoms with E-state index in [9.17, 15) is 8.42 Å². The van der Waals surface area contributed by atoms with Gasteiger partial charge in [0.2, 0.25) is 0 Å². The van der Waals surface area contributed by atoms with Gasteiger partial charge in [0.25, 0.3) is 0 Å². The summed E-state index contributed by atoms with van der Waals surface area (Å²) in [5.74, 6) is 1.04. The first-order chi connectivity index (χ1) is 10.0. The van der Waals surface area contributed by atoms with E-state index in [-0.39, 0.29) is 17.4 Å². The Labute approximate surface area is 128 Å². The number of hydrogen-bond donors (Lipinski definition) is 0. The fourth-order valence-corrected chi connectivity index (χ4v) is 3.75. The van der Waals surface area contributed by atoms with Gasteiger partial charge < -0.3 is 9.47 Å². The highest BCUT2D eigenvalue weighted by Crippen LogP contribution is 2.26. The quantitative estimate of drug-likeness (QED) is 0.782. The van der Waals surface area contributed by atoms with Crippen molar-refractivity contribution in [2.24, 2.45) is 0 Å². The third-order valence-electron chi connectivity index (χ3n) is 2.68. The molecule has 21 heavy (non-hydrogen) atoms. The third kappa shape index (κ3) is 4.18. The summed E-state index contributed by atoms with van der Waals surface area (Å²) in [4.78, 5) is 4.01. The summed E-state index contributed by atoms with van der Waals surface area (Å²) in [5.41, 5.74) is 0. The second kappa shape index (κ2) is 6.91. The maximum atomic E-state index is 12.1. The molecule has 0 saturated heterocycles. The minimum Gasteiger partial charge on any atom is -0.490 e. The molecule has 1 aromatic carbocycles. The lowest BCUT2D eigenvalue weighted by Crippen LogP contribution is -2.15. The number of aromatic nitrogens is 1. The number of thiazole rings is 1. The maximum absolute atomic E-state index is 12.1. The standard InChI is InChI=1S/C14H17NO4S2/c1-3-18-12-6-4-5-7-13(12)19-8-9-21(16,17)14-10-20-11(2)15-14/h4-7,10H,3,8-9H2,1-2H3. The number of aryl methyl sites for hydroxylation is 1. The van der Waals surface area contributed by atoms with Crippen LogP contribution in [0.15, 0.2) is 34.7 Å². The monoisotopic (exact) mass is 327 g/mol. The van der Waals surface area contributed by atoms with E-state index in [1.165, 1.54) is 11.3 Å². The molecule has 2 aromatic rings. The van der Waals surface area contributed by atoms with Crippen LogP contribution in [0.1, 0.15) is 11.9 Å². The molecule has 0 N–H and O–H groups in total. The molecule has 7 heteroatoms. The highest BCUT2D eigenvalue weighted by atomic mass is 32.2. The van der Waals surface area contributed by atoms with Crippen LogP contribution < -0.4 is 9.47 Å². The highest BCUT2D eigenvalue weighted by molar-refractivity contribution is 7.91. The predicted octanol–water partition coefficient (Wildman–Crippen LogP) is 2.70. The maximum Gasteiger partial charge on any atom is 0.199 e. The number of benzene rings is 1. The van der Waals surface area contributed by atoms with Crippen LogP contribution in [0.3, 0.4) is 0 Å². The van der Waals surface area contributed by atoms with Gasteiger partial charge in [-0.3, -0.25) is 0 Å². The second-order valence-corrected chi connectivity index (χ2v) is 7.37. The Morgan fingerprint density at radius 2 is 1.86 bits per heavy atom. The Bertz CT molecular complexity index is 695. The van der Waals surface area contributed by atoms with Crippen LogP contribution in [0, 0.1) is 6.92 Å². The number of hydrogen-bond acceptors (Lipinski definition) is 6. The summed E-state index contributed by atoms with van der Waals surface area (Å²) in [6, 6.07) is 7.20. The summed E-state index contributed by atoms with van der Waals surface area (Å²) in [6.45, 7) is 4.24. The van der Waals surface area contributed by atoms with E-state index in [1.807, 2.05) is 19.1 Å². The smallest absolute Gasteiger partial charge is 0.199 e. The molecule has 0 bridgehead atoms. The minimum atomic E-state index is -3.40. The van der Waals surface area contributed by atoms with E-state index in [2.05, 4.69) is 4.98 Å². The van der Waals surface area contributed by atoms with Crippen LogP contribution in [0.5, 0.6) is 11.5 Å². The van der Waals surface area contributed by atoms with E-state index in [0.717, 1.165) is 5.01 Å². The molecular formula is C14H17NO4S2. The zero-order valence-corrected chi connectivity index (χ0v) is 13.5. The summed E-state index contributed by atoms with van der Waals surface area (Å²) in [5, 5.41) is 2.40. The molecule has 0 aliphatic rings. The molecule has 0 saturated carbocycles. The molecule has 0 aliphatic carbocycles. The zero-order valence-electron chi connectivity index (χ0n) is 11.9. The summed E-state index contributed by atoms with van der Waals surface area (Å²) >= 11 is 1.32. The molecule has 0 fully saturated rings. The first-order valence-corrected chi connectivity index (χ1v) is 9.05. The molecule has 0 radical (unpaired) electrons. The molecule has 2 rings (SSSR count). The van der Waals surface area contributed by atoms with Gasteiger partial charge in [0.1, 0.15) is 6.61 Å². The molecule has 0 atom stereocenters. The van der Waals surface area contributed by atoms with Crippen molar-refractivity contribution < 1.29 is 17.9 Å². The van der Waals surface area contributed by atoms with Crippen molar-refractivity contribution in [3.8, 4) is 11.5 Å². The van der Waals surface area contributed by atoms with Gasteiger partial charge in [-0.1, -0.05) is 12.1 Å². The molecule has 0 unspecified atom stereocenters. The molecule has 114 valence electrons. The third-order valence-corrected chi connectivity index (χ3v) is 5.15. The molecule has 1 heterocycles. The SMILES string of the molecule is CCOc1ccccc1OCCS(=O)(=O)c1csc(C)n1. The highest BCUT2D eigenvalue weighted by Gasteiger charge is 2.18. The van der Waals surface area contributed by atoms with E-state index in [1.54, 1.807) is 24.4 Å². The number of sulfone groups is 1. The number of nitrogens with zero attached hydrogens (tertiary/aromatic N) is 1. The molecule has 5 nitrogen and oxygen atoms in total. The molecule has 0 aliphatic heterocycles. The van der Waals surface area contributed by atoms with Crippen LogP contribution >= 0.6 is 11.3 Å². The van der Waals surface area contributed by atoms with Gasteiger partial charge in [-0.2, -0.15) is 0 Å². The van der Waals surface area contributed by atoms with Crippen molar-refractivity contribution in [3.63, 3.8) is 0 Å². The first-order valence-electron chi connectivity index (χ1n) is 6.52. The second-order valence-electron chi connectivity index (χ2n) is 4.25. The van der Waals surface area contributed by atoms with Crippen molar-refractivity contribution in [2.75, 3.05) is 19.0 Å². The summed E-state index contributed by atoms with van der Waals surface area (Å²) < 4.78 is 35.1. The van der Waals surface area contributed by atoms with E-state index in [4.69, 9.17) is 9.47 Å².